The number of amides is 1. The first-order valence-electron chi connectivity index (χ1n) is 10.6. The molecule has 2 aromatic rings. The van der Waals surface area contributed by atoms with E-state index in [2.05, 4.69) is 5.32 Å². The molecule has 0 aliphatic carbocycles. The fourth-order valence-corrected chi connectivity index (χ4v) is 2.81. The summed E-state index contributed by atoms with van der Waals surface area (Å²) in [6.07, 6.45) is 0.312. The van der Waals surface area contributed by atoms with Crippen LogP contribution in [0.15, 0.2) is 54.6 Å². The number of carbonyl (C=O) groups excluding carboxylic acids is 2. The Morgan fingerprint density at radius 1 is 0.935 bits per heavy atom. The first-order valence-corrected chi connectivity index (χ1v) is 10.6. The number of ether oxygens (including phenoxy) is 3. The normalized spacial score (nSPS) is 13.1. The second-order valence-corrected chi connectivity index (χ2v) is 8.44. The minimum absolute atomic E-state index is 0.325. The maximum atomic E-state index is 12.3. The first kappa shape index (κ1) is 24.3. The number of alkyl carbamates (subject to hydrolysis) is 1. The summed E-state index contributed by atoms with van der Waals surface area (Å²) in [6, 6.07) is 16.7. The van der Waals surface area contributed by atoms with Crippen molar-refractivity contribution in [1.82, 2.24) is 5.32 Å². The van der Waals surface area contributed by atoms with Gasteiger partial charge in [0, 0.05) is 6.54 Å². The van der Waals surface area contributed by atoms with Crippen LogP contribution in [0.25, 0.3) is 0 Å². The molecular weight excluding hydrogens is 394 g/mol. The molecule has 0 spiro atoms. The van der Waals surface area contributed by atoms with E-state index in [9.17, 15) is 9.59 Å². The lowest BCUT2D eigenvalue weighted by molar-refractivity contribution is 0.00238. The Bertz CT molecular complexity index is 844. The monoisotopic (exact) mass is 427 g/mol. The van der Waals surface area contributed by atoms with Gasteiger partial charge in [-0.1, -0.05) is 36.4 Å². The molecule has 2 rings (SSSR count). The predicted molar refractivity (Wildman–Crippen MR) is 120 cm³/mol. The summed E-state index contributed by atoms with van der Waals surface area (Å²) in [4.78, 5) is 24.0. The number of nitrogens with one attached hydrogen (secondary N) is 1. The lowest BCUT2D eigenvalue weighted by atomic mass is 10.1. The third kappa shape index (κ3) is 8.70. The van der Waals surface area contributed by atoms with Gasteiger partial charge in [0.15, 0.2) is 0 Å². The highest BCUT2D eigenvalue weighted by molar-refractivity contribution is 5.89. The molecule has 0 heterocycles. The zero-order valence-electron chi connectivity index (χ0n) is 19.0. The first-order chi connectivity index (χ1) is 14.7. The van der Waals surface area contributed by atoms with Crippen LogP contribution in [0.2, 0.25) is 0 Å². The van der Waals surface area contributed by atoms with Gasteiger partial charge < -0.3 is 19.5 Å². The van der Waals surface area contributed by atoms with Crippen molar-refractivity contribution in [3.05, 3.63) is 65.7 Å². The SMILES string of the molecule is C[C@@H](OC(=O)c1ccccc1)[C@@H](C)Oc1ccccc1CCCNC(=O)OC(C)(C)C. The number of benzene rings is 2. The summed E-state index contributed by atoms with van der Waals surface area (Å²) in [6.45, 7) is 9.70. The summed E-state index contributed by atoms with van der Waals surface area (Å²) in [5, 5.41) is 2.77. The smallest absolute Gasteiger partial charge is 0.407 e. The Balaban J connectivity index is 1.85. The van der Waals surface area contributed by atoms with Crippen molar-refractivity contribution in [2.75, 3.05) is 6.54 Å². The average molecular weight is 428 g/mol. The summed E-state index contributed by atoms with van der Waals surface area (Å²) in [5.74, 6) is 0.375. The van der Waals surface area contributed by atoms with Crippen molar-refractivity contribution in [2.45, 2.75) is 65.3 Å². The molecule has 0 unspecified atom stereocenters. The number of carbonyl (C=O) groups is 2. The van der Waals surface area contributed by atoms with Crippen LogP contribution in [-0.4, -0.2) is 36.4 Å². The fourth-order valence-electron chi connectivity index (χ4n) is 2.81. The van der Waals surface area contributed by atoms with Crippen molar-refractivity contribution in [3.63, 3.8) is 0 Å². The number of rotatable bonds is 9. The number of esters is 1. The second-order valence-electron chi connectivity index (χ2n) is 8.44. The summed E-state index contributed by atoms with van der Waals surface area (Å²) in [5.41, 5.74) is 1.03. The Morgan fingerprint density at radius 2 is 1.58 bits per heavy atom. The highest BCUT2D eigenvalue weighted by Crippen LogP contribution is 2.22. The maximum absolute atomic E-state index is 12.3. The van der Waals surface area contributed by atoms with Gasteiger partial charge >= 0.3 is 12.1 Å². The highest BCUT2D eigenvalue weighted by atomic mass is 16.6. The summed E-state index contributed by atoms with van der Waals surface area (Å²) < 4.78 is 16.9. The Kier molecular flexibility index (Phi) is 8.91. The molecule has 1 amide bonds. The molecule has 6 nitrogen and oxygen atoms in total. The van der Waals surface area contributed by atoms with E-state index in [0.717, 1.165) is 24.2 Å². The molecule has 0 bridgehead atoms. The van der Waals surface area contributed by atoms with Gasteiger partial charge in [-0.15, -0.1) is 0 Å². The van der Waals surface area contributed by atoms with Crippen molar-refractivity contribution in [1.29, 1.82) is 0 Å². The molecule has 0 aliphatic heterocycles. The molecule has 2 atom stereocenters. The van der Waals surface area contributed by atoms with Gasteiger partial charge in [0.25, 0.3) is 0 Å². The Hall–Kier alpha value is -3.02. The lowest BCUT2D eigenvalue weighted by Crippen LogP contribution is -2.33. The van der Waals surface area contributed by atoms with Crippen molar-refractivity contribution in [2.24, 2.45) is 0 Å². The van der Waals surface area contributed by atoms with Crippen molar-refractivity contribution in [3.8, 4) is 5.75 Å². The van der Waals surface area contributed by atoms with Crippen LogP contribution < -0.4 is 10.1 Å². The summed E-state index contributed by atoms with van der Waals surface area (Å²) >= 11 is 0. The third-order valence-corrected chi connectivity index (χ3v) is 4.54. The molecule has 6 heteroatoms. The minimum atomic E-state index is -0.513. The van der Waals surface area contributed by atoms with E-state index in [0.29, 0.717) is 12.1 Å². The van der Waals surface area contributed by atoms with Crippen LogP contribution in [0.3, 0.4) is 0 Å². The van der Waals surface area contributed by atoms with E-state index in [1.807, 2.05) is 65.0 Å². The van der Waals surface area contributed by atoms with Gasteiger partial charge in [-0.25, -0.2) is 9.59 Å². The molecule has 1 N–H and O–H groups in total. The molecule has 2 aromatic carbocycles. The number of hydrogen-bond acceptors (Lipinski definition) is 5. The molecule has 168 valence electrons. The predicted octanol–water partition coefficient (Wildman–Crippen LogP) is 5.16. The van der Waals surface area contributed by atoms with Crippen LogP contribution >= 0.6 is 0 Å². The van der Waals surface area contributed by atoms with Gasteiger partial charge in [0.1, 0.15) is 23.6 Å². The molecular formula is C25H33NO5. The average Bonchev–Trinajstić information content (AvgIpc) is 2.71. The van der Waals surface area contributed by atoms with E-state index >= 15 is 0 Å². The van der Waals surface area contributed by atoms with E-state index in [4.69, 9.17) is 14.2 Å². The topological polar surface area (TPSA) is 73.9 Å². The third-order valence-electron chi connectivity index (χ3n) is 4.54. The van der Waals surface area contributed by atoms with Gasteiger partial charge in [-0.3, -0.25) is 0 Å². The zero-order chi connectivity index (χ0) is 22.9. The van der Waals surface area contributed by atoms with E-state index in [-0.39, 0.29) is 12.1 Å². The standard InChI is InChI=1S/C25H33NO5/c1-18(19(2)30-23(27)21-13-7-6-8-14-21)29-22-16-10-9-12-20(22)15-11-17-26-24(28)31-25(3,4)5/h6-10,12-14,16,18-19H,11,15,17H2,1-5H3,(H,26,28)/t18-,19-/m1/s1. The molecule has 0 saturated carbocycles. The molecule has 0 fully saturated rings. The Labute approximate surface area is 184 Å². The minimum Gasteiger partial charge on any atom is -0.487 e. The van der Waals surface area contributed by atoms with E-state index in [1.54, 1.807) is 24.3 Å². The molecule has 0 aromatic heterocycles. The second kappa shape index (κ2) is 11.4. The van der Waals surface area contributed by atoms with Crippen LogP contribution in [0.5, 0.6) is 5.75 Å². The van der Waals surface area contributed by atoms with Gasteiger partial charge in [-0.2, -0.15) is 0 Å². The van der Waals surface area contributed by atoms with Gasteiger partial charge in [0.05, 0.1) is 5.56 Å². The summed E-state index contributed by atoms with van der Waals surface area (Å²) in [7, 11) is 0. The van der Waals surface area contributed by atoms with Crippen LogP contribution in [0, 0.1) is 0 Å². The number of hydrogen-bond donors (Lipinski definition) is 1. The Morgan fingerprint density at radius 3 is 2.26 bits per heavy atom. The van der Waals surface area contributed by atoms with E-state index < -0.39 is 17.8 Å². The largest absolute Gasteiger partial charge is 0.487 e. The quantitative estimate of drug-likeness (QED) is 0.442. The van der Waals surface area contributed by atoms with Crippen LogP contribution in [-0.2, 0) is 15.9 Å². The molecule has 0 aliphatic rings. The number of para-hydroxylation sites is 1. The maximum Gasteiger partial charge on any atom is 0.407 e. The highest BCUT2D eigenvalue weighted by Gasteiger charge is 2.20. The molecule has 31 heavy (non-hydrogen) atoms. The fraction of sp³-hybridized carbons (Fsp3) is 0.440. The molecule has 0 radical (unpaired) electrons. The number of aryl methyl sites for hydroxylation is 1. The van der Waals surface area contributed by atoms with Crippen molar-refractivity contribution >= 4 is 12.1 Å². The van der Waals surface area contributed by atoms with Gasteiger partial charge in [-0.05, 0) is 71.2 Å². The zero-order valence-corrected chi connectivity index (χ0v) is 19.0. The lowest BCUT2D eigenvalue weighted by Gasteiger charge is -2.23. The molecule has 0 saturated heterocycles. The van der Waals surface area contributed by atoms with Crippen molar-refractivity contribution < 1.29 is 23.8 Å². The van der Waals surface area contributed by atoms with E-state index in [1.165, 1.54) is 0 Å². The van der Waals surface area contributed by atoms with Crippen LogP contribution in [0.4, 0.5) is 4.79 Å². The van der Waals surface area contributed by atoms with Crippen LogP contribution in [0.1, 0.15) is 57.0 Å². The van der Waals surface area contributed by atoms with Gasteiger partial charge in [0.2, 0.25) is 0 Å².